The largest absolute Gasteiger partial charge is 0.473 e. The lowest BCUT2D eigenvalue weighted by Crippen LogP contribution is -2.09. The molecule has 1 atom stereocenters. The van der Waals surface area contributed by atoms with Crippen molar-refractivity contribution < 1.29 is 32.6 Å². The first-order valence-electron chi connectivity index (χ1n) is 9.06. The number of carboxylic acid groups (broad SMARTS) is 1. The van der Waals surface area contributed by atoms with Crippen molar-refractivity contribution in [3.05, 3.63) is 45.5 Å². The number of thioether (sulfide) groups is 1. The quantitative estimate of drug-likeness (QED) is 0.466. The molecule has 0 radical (unpaired) electrons. The van der Waals surface area contributed by atoms with Crippen LogP contribution in [0.15, 0.2) is 17.7 Å². The highest BCUT2D eigenvalue weighted by atomic mass is 32.2. The number of esters is 1. The van der Waals surface area contributed by atoms with Crippen LogP contribution in [0.2, 0.25) is 0 Å². The second kappa shape index (κ2) is 8.52. The van der Waals surface area contributed by atoms with Crippen molar-refractivity contribution in [2.45, 2.75) is 44.5 Å². The van der Waals surface area contributed by atoms with Gasteiger partial charge in [-0.3, -0.25) is 0 Å². The molecule has 156 valence electrons. The Morgan fingerprint density at radius 2 is 2.10 bits per heavy atom. The van der Waals surface area contributed by atoms with Crippen molar-refractivity contribution in [3.63, 3.8) is 0 Å². The molecule has 0 amide bonds. The Balaban J connectivity index is 2.06. The summed E-state index contributed by atoms with van der Waals surface area (Å²) in [5, 5.41) is 10.8. The average molecular weight is 427 g/mol. The molecule has 0 saturated heterocycles. The van der Waals surface area contributed by atoms with E-state index >= 15 is 0 Å². The van der Waals surface area contributed by atoms with Crippen LogP contribution in [-0.2, 0) is 17.8 Å². The van der Waals surface area contributed by atoms with Gasteiger partial charge in [-0.1, -0.05) is 11.6 Å². The molecule has 1 saturated carbocycles. The first kappa shape index (κ1) is 21.3. The third-order valence-corrected chi connectivity index (χ3v) is 6.25. The molecule has 29 heavy (non-hydrogen) atoms. The van der Waals surface area contributed by atoms with E-state index in [2.05, 4.69) is 5.32 Å². The molecular formula is C20H20F3NO4S. The Bertz CT molecular complexity index is 938. The van der Waals surface area contributed by atoms with E-state index < -0.39 is 23.2 Å². The molecule has 1 unspecified atom stereocenters. The summed E-state index contributed by atoms with van der Waals surface area (Å²) >= 11 is 0.862. The maximum atomic E-state index is 14.5. The molecule has 1 fully saturated rings. The van der Waals surface area contributed by atoms with Gasteiger partial charge in [0.25, 0.3) is 0 Å². The fraction of sp³-hybridized carbons (Fsp3) is 0.400. The summed E-state index contributed by atoms with van der Waals surface area (Å²) in [6.45, 7) is 1.42. The number of rotatable bonds is 5. The first-order chi connectivity index (χ1) is 13.7. The van der Waals surface area contributed by atoms with E-state index in [0.717, 1.165) is 17.3 Å². The normalized spacial score (nSPS) is 19.3. The molecule has 1 heterocycles. The number of allylic oxidation sites excluding steroid dienone is 2. The minimum Gasteiger partial charge on any atom is -0.473 e. The van der Waals surface area contributed by atoms with Crippen LogP contribution in [0.3, 0.4) is 0 Å². The molecule has 0 spiro atoms. The van der Waals surface area contributed by atoms with Crippen molar-refractivity contribution in [1.29, 1.82) is 0 Å². The molecule has 3 rings (SSSR count). The minimum atomic E-state index is -2.42. The van der Waals surface area contributed by atoms with E-state index in [0.29, 0.717) is 24.8 Å². The summed E-state index contributed by atoms with van der Waals surface area (Å²) < 4.78 is 45.8. The molecular weight excluding hydrogens is 407 g/mol. The van der Waals surface area contributed by atoms with Gasteiger partial charge in [-0.25, -0.2) is 14.0 Å². The van der Waals surface area contributed by atoms with Gasteiger partial charge in [-0.2, -0.15) is 8.78 Å². The number of halogens is 3. The van der Waals surface area contributed by atoms with E-state index in [4.69, 9.17) is 9.84 Å². The van der Waals surface area contributed by atoms with Crippen LogP contribution in [0.5, 0.6) is 0 Å². The first-order valence-corrected chi connectivity index (χ1v) is 9.94. The fourth-order valence-corrected chi connectivity index (χ4v) is 4.81. The van der Waals surface area contributed by atoms with Crippen LogP contribution in [0.1, 0.15) is 51.9 Å². The number of benzene rings is 1. The molecule has 1 aliphatic carbocycles. The number of hydrogen-bond acceptors (Lipinski definition) is 5. The number of cyclic esters (lactones) is 1. The summed E-state index contributed by atoms with van der Waals surface area (Å²) in [6, 6.07) is 0. The maximum Gasteiger partial charge on any atom is 0.365 e. The molecule has 2 aliphatic rings. The number of ether oxygens (including phenoxy) is 1. The monoisotopic (exact) mass is 427 g/mol. The zero-order valence-electron chi connectivity index (χ0n) is 15.9. The van der Waals surface area contributed by atoms with E-state index in [-0.39, 0.29) is 46.2 Å². The lowest BCUT2D eigenvalue weighted by atomic mass is 9.88. The molecule has 5 nitrogen and oxygen atoms in total. The number of anilines is 1. The summed E-state index contributed by atoms with van der Waals surface area (Å²) in [5.41, 5.74) is 2.22. The molecule has 2 N–H and O–H groups in total. The van der Waals surface area contributed by atoms with E-state index in [1.54, 1.807) is 7.05 Å². The zero-order valence-corrected chi connectivity index (χ0v) is 16.7. The zero-order chi connectivity index (χ0) is 21.3. The number of nitrogens with one attached hydrogen (secondary N) is 1. The Labute approximate surface area is 170 Å². The molecule has 0 aromatic heterocycles. The smallest absolute Gasteiger partial charge is 0.365 e. The van der Waals surface area contributed by atoms with Crippen LogP contribution in [0.25, 0.3) is 5.83 Å². The van der Waals surface area contributed by atoms with E-state index in [9.17, 15) is 22.8 Å². The molecule has 0 bridgehead atoms. The number of carbonyl (C=O) groups excluding carboxylic acids is 1. The topological polar surface area (TPSA) is 75.6 Å². The van der Waals surface area contributed by atoms with Crippen LogP contribution in [0, 0.1) is 6.92 Å². The van der Waals surface area contributed by atoms with E-state index in [1.165, 1.54) is 6.92 Å². The predicted octanol–water partition coefficient (Wildman–Crippen LogP) is 5.67. The maximum absolute atomic E-state index is 14.5. The number of fused-ring (bicyclic) bond motifs is 1. The third-order valence-electron chi connectivity index (χ3n) is 5.31. The third kappa shape index (κ3) is 4.14. The summed E-state index contributed by atoms with van der Waals surface area (Å²) in [4.78, 5) is 23.0. The van der Waals surface area contributed by atoms with Gasteiger partial charge in [0, 0.05) is 23.4 Å². The van der Waals surface area contributed by atoms with Gasteiger partial charge in [0.05, 0.1) is 11.3 Å². The van der Waals surface area contributed by atoms with Crippen molar-refractivity contribution in [2.24, 2.45) is 0 Å². The van der Waals surface area contributed by atoms with Crippen molar-refractivity contribution in [3.8, 4) is 0 Å². The lowest BCUT2D eigenvalue weighted by Gasteiger charge is -2.19. The van der Waals surface area contributed by atoms with E-state index in [1.807, 2.05) is 6.08 Å². The van der Waals surface area contributed by atoms with Crippen LogP contribution in [0.4, 0.5) is 23.7 Å². The van der Waals surface area contributed by atoms with Gasteiger partial charge in [-0.15, -0.1) is 0 Å². The van der Waals surface area contributed by atoms with Gasteiger partial charge < -0.3 is 15.2 Å². The standard InChI is InChI=1S/C20H20F3NO4S/c1-9-13-8-28-19(25)15(13)17(24-2)12(14(9)16(21)18(22)23)6-4-10-3-5-11(7-10)29-20(26)27/h4,11,24H,3,5-8H2,1-2H3,(H,26,27). The van der Waals surface area contributed by atoms with Crippen molar-refractivity contribution in [2.75, 3.05) is 12.4 Å². The SMILES string of the molecule is CNc1c(CC=C2CCC(SC(=O)O)C2)c(C(F)=C(F)F)c(C)c2c1C(=O)OC2. The Morgan fingerprint density at radius 3 is 2.72 bits per heavy atom. The highest BCUT2D eigenvalue weighted by molar-refractivity contribution is 8.13. The summed E-state index contributed by atoms with van der Waals surface area (Å²) in [5.74, 6) is -2.18. The van der Waals surface area contributed by atoms with Gasteiger partial charge >= 0.3 is 17.4 Å². The van der Waals surface area contributed by atoms with Crippen LogP contribution in [-0.4, -0.2) is 28.7 Å². The summed E-state index contributed by atoms with van der Waals surface area (Å²) in [6.07, 6.45) is 1.50. The number of hydrogen-bond donors (Lipinski definition) is 2. The Hall–Kier alpha value is -2.42. The van der Waals surface area contributed by atoms with Crippen molar-refractivity contribution >= 4 is 34.5 Å². The fourth-order valence-electron chi connectivity index (χ4n) is 4.00. The highest BCUT2D eigenvalue weighted by Crippen LogP contribution is 2.42. The second-order valence-corrected chi connectivity index (χ2v) is 8.17. The van der Waals surface area contributed by atoms with Crippen LogP contribution < -0.4 is 5.32 Å². The van der Waals surface area contributed by atoms with Crippen LogP contribution >= 0.6 is 11.8 Å². The van der Waals surface area contributed by atoms with Gasteiger partial charge in [0.2, 0.25) is 0 Å². The predicted molar refractivity (Wildman–Crippen MR) is 105 cm³/mol. The van der Waals surface area contributed by atoms with Gasteiger partial charge in [-0.05, 0) is 55.5 Å². The second-order valence-electron chi connectivity index (χ2n) is 6.92. The van der Waals surface area contributed by atoms with Crippen molar-refractivity contribution in [1.82, 2.24) is 0 Å². The molecule has 1 aromatic rings. The lowest BCUT2D eigenvalue weighted by molar-refractivity contribution is 0.0535. The molecule has 9 heteroatoms. The Morgan fingerprint density at radius 1 is 1.38 bits per heavy atom. The highest BCUT2D eigenvalue weighted by Gasteiger charge is 2.33. The van der Waals surface area contributed by atoms with Gasteiger partial charge in [0.15, 0.2) is 5.83 Å². The number of carbonyl (C=O) groups is 2. The Kier molecular flexibility index (Phi) is 6.26. The average Bonchev–Trinajstić information content (AvgIpc) is 3.26. The summed E-state index contributed by atoms with van der Waals surface area (Å²) in [7, 11) is 1.54. The minimum absolute atomic E-state index is 0.0429. The molecule has 1 aromatic carbocycles. The van der Waals surface area contributed by atoms with Gasteiger partial charge in [0.1, 0.15) is 6.61 Å². The molecule has 1 aliphatic heterocycles.